The number of nitrogens with zero attached hydrogens (tertiary/aromatic N) is 2. The highest BCUT2D eigenvalue weighted by atomic mass is 16.2. The second-order valence-electron chi connectivity index (χ2n) is 7.75. The summed E-state index contributed by atoms with van der Waals surface area (Å²) < 4.78 is 0. The van der Waals surface area contributed by atoms with Gasteiger partial charge >= 0.3 is 0 Å². The molecule has 0 bridgehead atoms. The molecule has 1 aliphatic heterocycles. The third-order valence-electron chi connectivity index (χ3n) is 4.69. The molecule has 2 amide bonds. The highest BCUT2D eigenvalue weighted by Crippen LogP contribution is 2.35. The quantitative estimate of drug-likeness (QED) is 0.921. The molecule has 5 nitrogen and oxygen atoms in total. The number of hydrogen-bond acceptors (Lipinski definition) is 3. The fourth-order valence-electron chi connectivity index (χ4n) is 3.30. The molecule has 3 rings (SSSR count). The Hall–Kier alpha value is -2.69. The number of carbonyl (C=O) groups is 2. The third-order valence-corrected chi connectivity index (χ3v) is 4.69. The zero-order valence-corrected chi connectivity index (χ0v) is 15.5. The molecule has 1 aromatic carbocycles. The summed E-state index contributed by atoms with van der Waals surface area (Å²) in [5, 5.41) is 2.92. The molecule has 0 aliphatic carbocycles. The molecule has 2 aromatic rings. The summed E-state index contributed by atoms with van der Waals surface area (Å²) in [5.41, 5.74) is 2.90. The number of aromatic nitrogens is 1. The van der Waals surface area contributed by atoms with Crippen LogP contribution in [-0.4, -0.2) is 23.3 Å². The highest BCUT2D eigenvalue weighted by molar-refractivity contribution is 6.01. The average Bonchev–Trinajstić information content (AvgIpc) is 3.01. The molecule has 0 saturated carbocycles. The lowest BCUT2D eigenvalue weighted by molar-refractivity contribution is -0.126. The summed E-state index contributed by atoms with van der Waals surface area (Å²) in [6.07, 6.45) is 3.68. The summed E-state index contributed by atoms with van der Waals surface area (Å²) in [4.78, 5) is 30.9. The average molecular weight is 351 g/mol. The number of pyridine rings is 1. The minimum Gasteiger partial charge on any atom is -0.352 e. The lowest BCUT2D eigenvalue weighted by atomic mass is 9.85. The summed E-state index contributed by atoms with van der Waals surface area (Å²) in [5.74, 6) is -0.409. The molecule has 2 heterocycles. The molecule has 1 fully saturated rings. The fraction of sp³-hybridized carbons (Fsp3) is 0.381. The molecule has 1 N–H and O–H groups in total. The van der Waals surface area contributed by atoms with E-state index >= 15 is 0 Å². The van der Waals surface area contributed by atoms with Crippen molar-refractivity contribution in [1.29, 1.82) is 0 Å². The van der Waals surface area contributed by atoms with Crippen molar-refractivity contribution in [3.8, 4) is 0 Å². The Kier molecular flexibility index (Phi) is 5.07. The number of benzene rings is 1. The van der Waals surface area contributed by atoms with Gasteiger partial charge in [0.25, 0.3) is 0 Å². The van der Waals surface area contributed by atoms with Crippen molar-refractivity contribution in [2.75, 3.05) is 11.4 Å². The van der Waals surface area contributed by atoms with Crippen LogP contribution >= 0.6 is 0 Å². The topological polar surface area (TPSA) is 62.3 Å². The Balaban J connectivity index is 1.70. The largest absolute Gasteiger partial charge is 0.352 e. The predicted octanol–water partition coefficient (Wildman–Crippen LogP) is 3.05. The van der Waals surface area contributed by atoms with Crippen LogP contribution in [0.4, 0.5) is 5.69 Å². The van der Waals surface area contributed by atoms with E-state index < -0.39 is 0 Å². The number of para-hydroxylation sites is 1. The SMILES string of the molecule is CC(C)(C)c1ccccc1N1CC(C(=O)NCc2cccnc2)CC1=O. The van der Waals surface area contributed by atoms with Crippen molar-refractivity contribution in [2.45, 2.75) is 39.2 Å². The van der Waals surface area contributed by atoms with Gasteiger partial charge in [0.15, 0.2) is 0 Å². The number of nitrogens with one attached hydrogen (secondary N) is 1. The molecule has 136 valence electrons. The van der Waals surface area contributed by atoms with Gasteiger partial charge in [0.1, 0.15) is 0 Å². The first kappa shape index (κ1) is 18.1. The van der Waals surface area contributed by atoms with Gasteiger partial charge in [-0.25, -0.2) is 0 Å². The van der Waals surface area contributed by atoms with Gasteiger partial charge in [0.2, 0.25) is 11.8 Å². The van der Waals surface area contributed by atoms with Crippen molar-refractivity contribution < 1.29 is 9.59 Å². The molecule has 0 radical (unpaired) electrons. The molecule has 5 heteroatoms. The Morgan fingerprint density at radius 3 is 2.69 bits per heavy atom. The summed E-state index contributed by atoms with van der Waals surface area (Å²) >= 11 is 0. The van der Waals surface area contributed by atoms with Crippen molar-refractivity contribution in [1.82, 2.24) is 10.3 Å². The van der Waals surface area contributed by atoms with Crippen LogP contribution in [0.15, 0.2) is 48.8 Å². The van der Waals surface area contributed by atoms with E-state index in [-0.39, 0.29) is 29.6 Å². The second-order valence-corrected chi connectivity index (χ2v) is 7.75. The van der Waals surface area contributed by atoms with E-state index in [1.54, 1.807) is 17.3 Å². The molecule has 1 unspecified atom stereocenters. The van der Waals surface area contributed by atoms with Gasteiger partial charge in [-0.1, -0.05) is 45.0 Å². The molecule has 1 aliphatic rings. The van der Waals surface area contributed by atoms with Crippen LogP contribution in [-0.2, 0) is 21.5 Å². The lowest BCUT2D eigenvalue weighted by Crippen LogP contribution is -2.33. The number of hydrogen-bond donors (Lipinski definition) is 1. The van der Waals surface area contributed by atoms with E-state index in [1.165, 1.54) is 0 Å². The monoisotopic (exact) mass is 351 g/mol. The summed E-state index contributed by atoms with van der Waals surface area (Å²) in [6, 6.07) is 11.7. The van der Waals surface area contributed by atoms with Gasteiger partial charge in [0, 0.05) is 37.6 Å². The van der Waals surface area contributed by atoms with Gasteiger partial charge in [-0.3, -0.25) is 14.6 Å². The third kappa shape index (κ3) is 3.93. The molecule has 1 atom stereocenters. The zero-order valence-electron chi connectivity index (χ0n) is 15.5. The molecule has 0 spiro atoms. The van der Waals surface area contributed by atoms with Crippen LogP contribution in [0.2, 0.25) is 0 Å². The van der Waals surface area contributed by atoms with Gasteiger partial charge in [-0.2, -0.15) is 0 Å². The van der Waals surface area contributed by atoms with E-state index in [0.29, 0.717) is 13.1 Å². The summed E-state index contributed by atoms with van der Waals surface area (Å²) in [7, 11) is 0. The maximum atomic E-state index is 12.6. The minimum absolute atomic E-state index is 0.00299. The lowest BCUT2D eigenvalue weighted by Gasteiger charge is -2.27. The zero-order chi connectivity index (χ0) is 18.7. The van der Waals surface area contributed by atoms with Crippen LogP contribution < -0.4 is 10.2 Å². The first-order chi connectivity index (χ1) is 12.4. The first-order valence-corrected chi connectivity index (χ1v) is 8.93. The molecular formula is C21H25N3O2. The van der Waals surface area contributed by atoms with Gasteiger partial charge in [-0.05, 0) is 28.7 Å². The molecular weight excluding hydrogens is 326 g/mol. The van der Waals surface area contributed by atoms with Crippen molar-refractivity contribution in [3.05, 3.63) is 59.9 Å². The fourth-order valence-corrected chi connectivity index (χ4v) is 3.30. The smallest absolute Gasteiger partial charge is 0.227 e. The normalized spacial score (nSPS) is 17.4. The number of rotatable bonds is 4. The second kappa shape index (κ2) is 7.28. The van der Waals surface area contributed by atoms with Crippen LogP contribution in [0.3, 0.4) is 0 Å². The Bertz CT molecular complexity index is 796. The van der Waals surface area contributed by atoms with Crippen molar-refractivity contribution >= 4 is 17.5 Å². The number of carbonyl (C=O) groups excluding carboxylic acids is 2. The number of anilines is 1. The van der Waals surface area contributed by atoms with Gasteiger partial charge in [-0.15, -0.1) is 0 Å². The Morgan fingerprint density at radius 2 is 2.00 bits per heavy atom. The van der Waals surface area contributed by atoms with Gasteiger partial charge in [0.05, 0.1) is 5.92 Å². The van der Waals surface area contributed by atoms with Crippen molar-refractivity contribution in [2.24, 2.45) is 5.92 Å². The van der Waals surface area contributed by atoms with E-state index in [9.17, 15) is 9.59 Å². The molecule has 1 aromatic heterocycles. The van der Waals surface area contributed by atoms with Crippen LogP contribution in [0.25, 0.3) is 0 Å². The highest BCUT2D eigenvalue weighted by Gasteiger charge is 2.36. The van der Waals surface area contributed by atoms with Crippen LogP contribution in [0.1, 0.15) is 38.3 Å². The van der Waals surface area contributed by atoms with E-state index in [2.05, 4.69) is 37.1 Å². The van der Waals surface area contributed by atoms with Crippen LogP contribution in [0.5, 0.6) is 0 Å². The van der Waals surface area contributed by atoms with E-state index in [4.69, 9.17) is 0 Å². The molecule has 1 saturated heterocycles. The number of amides is 2. The van der Waals surface area contributed by atoms with Gasteiger partial charge < -0.3 is 10.2 Å². The standard InChI is InChI=1S/C21H25N3O2/c1-21(2,3)17-8-4-5-9-18(17)24-14-16(11-19(24)25)20(26)23-13-15-7-6-10-22-12-15/h4-10,12,16H,11,13-14H2,1-3H3,(H,23,26). The summed E-state index contributed by atoms with van der Waals surface area (Å²) in [6.45, 7) is 7.24. The predicted molar refractivity (Wildman–Crippen MR) is 102 cm³/mol. The van der Waals surface area contributed by atoms with Crippen molar-refractivity contribution in [3.63, 3.8) is 0 Å². The maximum Gasteiger partial charge on any atom is 0.227 e. The molecule has 26 heavy (non-hydrogen) atoms. The van der Waals surface area contributed by atoms with E-state index in [0.717, 1.165) is 16.8 Å². The Morgan fingerprint density at radius 1 is 1.23 bits per heavy atom. The first-order valence-electron chi connectivity index (χ1n) is 8.93. The van der Waals surface area contributed by atoms with E-state index in [1.807, 2.05) is 30.3 Å². The van der Waals surface area contributed by atoms with Crippen LogP contribution in [0, 0.1) is 5.92 Å². The maximum absolute atomic E-state index is 12.6. The minimum atomic E-state index is -0.327. The Labute approximate surface area is 154 Å².